The third-order valence-electron chi connectivity index (χ3n) is 6.62. The van der Waals surface area contributed by atoms with Gasteiger partial charge < -0.3 is 19.9 Å². The van der Waals surface area contributed by atoms with Gasteiger partial charge in [0.15, 0.2) is 5.65 Å². The first-order valence-corrected chi connectivity index (χ1v) is 13.1. The lowest BCUT2D eigenvalue weighted by Crippen LogP contribution is -2.35. The van der Waals surface area contributed by atoms with Crippen molar-refractivity contribution >= 4 is 34.9 Å². The van der Waals surface area contributed by atoms with Crippen molar-refractivity contribution in [2.24, 2.45) is 0 Å². The molecule has 3 aromatic heterocycles. The lowest BCUT2D eigenvalue weighted by Gasteiger charge is -2.25. The fraction of sp³-hybridized carbons (Fsp3) is 0.276. The van der Waals surface area contributed by atoms with Crippen molar-refractivity contribution in [3.05, 3.63) is 89.9 Å². The molecule has 2 amide bonds. The molecule has 1 N–H and O–H groups in total. The fourth-order valence-electron chi connectivity index (χ4n) is 4.55. The van der Waals surface area contributed by atoms with Crippen LogP contribution in [0.5, 0.6) is 0 Å². The lowest BCUT2D eigenvalue weighted by atomic mass is 10.0. The van der Waals surface area contributed by atoms with E-state index >= 15 is 0 Å². The largest absolute Gasteiger partial charge is 0.450 e. The van der Waals surface area contributed by atoms with E-state index in [9.17, 15) is 9.59 Å². The van der Waals surface area contributed by atoms with Gasteiger partial charge in [-0.15, -0.1) is 5.10 Å². The number of pyridine rings is 2. The van der Waals surface area contributed by atoms with Gasteiger partial charge in [-0.05, 0) is 79.9 Å². The Balaban J connectivity index is 1.28. The van der Waals surface area contributed by atoms with Crippen LogP contribution in [-0.2, 0) is 11.3 Å². The van der Waals surface area contributed by atoms with Crippen molar-refractivity contribution in [2.75, 3.05) is 31.6 Å². The molecule has 0 bridgehead atoms. The van der Waals surface area contributed by atoms with Gasteiger partial charge in [0.2, 0.25) is 5.95 Å². The number of hydrogen-bond acceptors (Lipinski definition) is 7. The molecule has 4 aromatic rings. The average molecular weight is 526 g/mol. The summed E-state index contributed by atoms with van der Waals surface area (Å²) in [6, 6.07) is 15.1. The molecule has 0 fully saturated rings. The number of carbonyl (C=O) groups is 2. The monoisotopic (exact) mass is 525 g/mol. The second kappa shape index (κ2) is 11.8. The van der Waals surface area contributed by atoms with Crippen LogP contribution in [0.1, 0.15) is 41.8 Å². The molecule has 200 valence electrons. The standard InChI is InChI=1S/C29H31N7O3/c1-3-34(20-21-11-15-30-16-12-21)27(37)23-7-9-24(10-8-23)31-28-32-26-25(6-5-17-36(26)33-28)22-13-18-35(19-14-22)29(38)39-4-2/h5-13,15-17H,3-4,14,18-20H2,1-2H3,(H,31,33). The summed E-state index contributed by atoms with van der Waals surface area (Å²) in [6.07, 6.45) is 7.78. The molecule has 10 heteroatoms. The highest BCUT2D eigenvalue weighted by atomic mass is 16.6. The predicted molar refractivity (Wildman–Crippen MR) is 149 cm³/mol. The van der Waals surface area contributed by atoms with Gasteiger partial charge in [0, 0.05) is 61.6 Å². The van der Waals surface area contributed by atoms with Crippen molar-refractivity contribution in [1.29, 1.82) is 0 Å². The Morgan fingerprint density at radius 1 is 1.08 bits per heavy atom. The molecule has 0 unspecified atom stereocenters. The summed E-state index contributed by atoms with van der Waals surface area (Å²) in [4.78, 5) is 37.4. The SMILES string of the molecule is CCOC(=O)N1CC=C(c2cccn3nc(Nc4ccc(C(=O)N(CC)Cc5ccncc5)cc4)nc23)CC1. The minimum absolute atomic E-state index is 0.0290. The van der Waals surface area contributed by atoms with Crippen LogP contribution in [0, 0.1) is 0 Å². The average Bonchev–Trinajstić information content (AvgIpc) is 3.39. The second-order valence-corrected chi connectivity index (χ2v) is 9.13. The minimum Gasteiger partial charge on any atom is -0.450 e. The number of benzene rings is 1. The highest BCUT2D eigenvalue weighted by Crippen LogP contribution is 2.27. The van der Waals surface area contributed by atoms with Gasteiger partial charge in [-0.25, -0.2) is 9.31 Å². The molecular formula is C29H31N7O3. The number of nitrogens with one attached hydrogen (secondary N) is 1. The normalized spacial score (nSPS) is 13.2. The first-order valence-electron chi connectivity index (χ1n) is 13.1. The number of hydrogen-bond donors (Lipinski definition) is 1. The van der Waals surface area contributed by atoms with E-state index in [0.717, 1.165) is 28.0 Å². The molecule has 0 radical (unpaired) electrons. The van der Waals surface area contributed by atoms with Crippen LogP contribution in [0.25, 0.3) is 11.2 Å². The van der Waals surface area contributed by atoms with Gasteiger partial charge in [-0.3, -0.25) is 9.78 Å². The number of anilines is 2. The zero-order chi connectivity index (χ0) is 27.2. The van der Waals surface area contributed by atoms with Crippen LogP contribution in [-0.4, -0.2) is 67.6 Å². The smallest absolute Gasteiger partial charge is 0.410 e. The zero-order valence-electron chi connectivity index (χ0n) is 22.1. The van der Waals surface area contributed by atoms with Crippen LogP contribution < -0.4 is 5.32 Å². The number of aromatic nitrogens is 4. The molecule has 5 rings (SSSR count). The summed E-state index contributed by atoms with van der Waals surface area (Å²) in [5.74, 6) is 0.428. The summed E-state index contributed by atoms with van der Waals surface area (Å²) >= 11 is 0. The third kappa shape index (κ3) is 5.90. The van der Waals surface area contributed by atoms with Crippen LogP contribution in [0.15, 0.2) is 73.2 Å². The van der Waals surface area contributed by atoms with Crippen LogP contribution in [0.4, 0.5) is 16.4 Å². The Morgan fingerprint density at radius 2 is 1.87 bits per heavy atom. The van der Waals surface area contributed by atoms with E-state index in [1.165, 1.54) is 0 Å². The maximum atomic E-state index is 13.1. The van der Waals surface area contributed by atoms with Gasteiger partial charge in [-0.2, -0.15) is 4.98 Å². The Bertz CT molecular complexity index is 1480. The first-order chi connectivity index (χ1) is 19.1. The summed E-state index contributed by atoms with van der Waals surface area (Å²) < 4.78 is 6.86. The number of carbonyl (C=O) groups excluding carboxylic acids is 2. The van der Waals surface area contributed by atoms with E-state index in [4.69, 9.17) is 9.72 Å². The first kappa shape index (κ1) is 25.9. The van der Waals surface area contributed by atoms with Crippen molar-refractivity contribution in [3.63, 3.8) is 0 Å². The Kier molecular flexibility index (Phi) is 7.81. The molecule has 10 nitrogen and oxygen atoms in total. The summed E-state index contributed by atoms with van der Waals surface area (Å²) in [7, 11) is 0. The molecular weight excluding hydrogens is 494 g/mol. The van der Waals surface area contributed by atoms with E-state index in [1.807, 2.05) is 67.7 Å². The van der Waals surface area contributed by atoms with Crippen LogP contribution >= 0.6 is 0 Å². The maximum absolute atomic E-state index is 13.1. The Morgan fingerprint density at radius 3 is 2.56 bits per heavy atom. The van der Waals surface area contributed by atoms with E-state index in [-0.39, 0.29) is 12.0 Å². The predicted octanol–water partition coefficient (Wildman–Crippen LogP) is 4.78. The fourth-order valence-corrected chi connectivity index (χ4v) is 4.55. The number of amides is 2. The quantitative estimate of drug-likeness (QED) is 0.353. The molecule has 39 heavy (non-hydrogen) atoms. The second-order valence-electron chi connectivity index (χ2n) is 9.13. The number of ether oxygens (including phenoxy) is 1. The van der Waals surface area contributed by atoms with Crippen molar-refractivity contribution in [2.45, 2.75) is 26.8 Å². The molecule has 1 aromatic carbocycles. The zero-order valence-corrected chi connectivity index (χ0v) is 22.1. The van der Waals surface area contributed by atoms with Crippen LogP contribution in [0.2, 0.25) is 0 Å². The molecule has 0 atom stereocenters. The van der Waals surface area contributed by atoms with Gasteiger partial charge in [-0.1, -0.05) is 6.08 Å². The molecule has 0 saturated carbocycles. The minimum atomic E-state index is -0.288. The summed E-state index contributed by atoms with van der Waals surface area (Å²) in [5.41, 5.74) is 5.27. The van der Waals surface area contributed by atoms with E-state index in [2.05, 4.69) is 15.4 Å². The molecule has 0 spiro atoms. The number of rotatable bonds is 8. The van der Waals surface area contributed by atoms with Crippen molar-refractivity contribution in [1.82, 2.24) is 29.4 Å². The Labute approximate surface area is 226 Å². The van der Waals surface area contributed by atoms with Gasteiger partial charge in [0.25, 0.3) is 5.91 Å². The van der Waals surface area contributed by atoms with Gasteiger partial charge in [0.1, 0.15) is 0 Å². The Hall–Kier alpha value is -4.73. The van der Waals surface area contributed by atoms with Crippen LogP contribution in [0.3, 0.4) is 0 Å². The highest BCUT2D eigenvalue weighted by molar-refractivity contribution is 5.94. The van der Waals surface area contributed by atoms with E-state index in [1.54, 1.807) is 33.6 Å². The topological polar surface area (TPSA) is 105 Å². The third-order valence-corrected chi connectivity index (χ3v) is 6.62. The molecule has 1 aliphatic rings. The lowest BCUT2D eigenvalue weighted by molar-refractivity contribution is 0.0752. The molecule has 4 heterocycles. The van der Waals surface area contributed by atoms with E-state index < -0.39 is 0 Å². The van der Waals surface area contributed by atoms with Gasteiger partial charge >= 0.3 is 6.09 Å². The van der Waals surface area contributed by atoms with Crippen molar-refractivity contribution in [3.8, 4) is 0 Å². The maximum Gasteiger partial charge on any atom is 0.410 e. The molecule has 0 saturated heterocycles. The molecule has 1 aliphatic heterocycles. The number of nitrogens with zero attached hydrogens (tertiary/aromatic N) is 6. The van der Waals surface area contributed by atoms with E-state index in [0.29, 0.717) is 50.7 Å². The summed E-state index contributed by atoms with van der Waals surface area (Å²) in [5, 5.41) is 7.82. The number of fused-ring (bicyclic) bond motifs is 1. The summed E-state index contributed by atoms with van der Waals surface area (Å²) in [6.45, 7) is 6.36. The van der Waals surface area contributed by atoms with Crippen molar-refractivity contribution < 1.29 is 14.3 Å². The highest BCUT2D eigenvalue weighted by Gasteiger charge is 2.21. The van der Waals surface area contributed by atoms with Gasteiger partial charge in [0.05, 0.1) is 6.61 Å². The molecule has 0 aliphatic carbocycles.